The van der Waals surface area contributed by atoms with Crippen molar-refractivity contribution in [1.82, 2.24) is 9.80 Å². The Hall–Kier alpha value is -3.17. The lowest BCUT2D eigenvalue weighted by molar-refractivity contribution is -0.160. The van der Waals surface area contributed by atoms with Crippen LogP contribution in [0.15, 0.2) is 48.6 Å². The third-order valence-corrected chi connectivity index (χ3v) is 10.9. The molecule has 5 rings (SSSR count). The second-order valence-corrected chi connectivity index (χ2v) is 15.7. The molecule has 1 unspecified atom stereocenters. The highest BCUT2D eigenvalue weighted by atomic mass is 16.5. The van der Waals surface area contributed by atoms with E-state index in [9.17, 15) is 9.90 Å². The first-order valence-electron chi connectivity index (χ1n) is 17.5. The SMILES string of the molecule is CCOc1ccc(N2CC=C[C@@]3(CC)O[C@]45C=CCN(C(C)(C)CC(C)(C)C)C(=O)C4N([C@@H](CO)[C@@H](C)CC)C(=O)[C@@H]5[C@H]3C2=O)cc1. The lowest BCUT2D eigenvalue weighted by Gasteiger charge is -2.46. The number of aliphatic hydroxyl groups excluding tert-OH is 1. The third kappa shape index (κ3) is 5.81. The Kier molecular flexibility index (Phi) is 9.49. The molecule has 9 nitrogen and oxygen atoms in total. The van der Waals surface area contributed by atoms with E-state index in [1.807, 2.05) is 81.2 Å². The summed E-state index contributed by atoms with van der Waals surface area (Å²) in [5.41, 5.74) is -2.36. The molecule has 1 N–H and O–H groups in total. The summed E-state index contributed by atoms with van der Waals surface area (Å²) in [5.74, 6) is -1.92. The van der Waals surface area contributed by atoms with E-state index in [1.165, 1.54) is 0 Å². The Labute approximate surface area is 280 Å². The summed E-state index contributed by atoms with van der Waals surface area (Å²) in [7, 11) is 0. The molecule has 4 heterocycles. The van der Waals surface area contributed by atoms with Gasteiger partial charge in [-0.2, -0.15) is 0 Å². The summed E-state index contributed by atoms with van der Waals surface area (Å²) in [6.45, 7) is 19.5. The van der Waals surface area contributed by atoms with Gasteiger partial charge in [-0.05, 0) is 69.2 Å². The molecule has 1 aromatic rings. The normalized spacial score (nSPS) is 30.6. The maximum absolute atomic E-state index is 15.1. The number of likely N-dealkylation sites (tertiary alicyclic amines) is 1. The zero-order valence-corrected chi connectivity index (χ0v) is 29.8. The van der Waals surface area contributed by atoms with Gasteiger partial charge in [0.25, 0.3) is 0 Å². The number of aliphatic hydroxyl groups is 1. The third-order valence-electron chi connectivity index (χ3n) is 10.9. The number of anilines is 1. The fourth-order valence-corrected chi connectivity index (χ4v) is 8.93. The van der Waals surface area contributed by atoms with Crippen LogP contribution in [0.25, 0.3) is 0 Å². The van der Waals surface area contributed by atoms with Gasteiger partial charge in [-0.1, -0.05) is 72.3 Å². The second kappa shape index (κ2) is 12.7. The Balaban J connectivity index is 1.66. The van der Waals surface area contributed by atoms with Crippen molar-refractivity contribution < 1.29 is 29.0 Å². The number of hydrogen-bond acceptors (Lipinski definition) is 6. The smallest absolute Gasteiger partial charge is 0.249 e. The molecule has 0 radical (unpaired) electrons. The average Bonchev–Trinajstić information content (AvgIpc) is 3.29. The fraction of sp³-hybridized carbons (Fsp3) is 0.658. The molecular weight excluding hydrogens is 594 g/mol. The summed E-state index contributed by atoms with van der Waals surface area (Å²) < 4.78 is 12.8. The number of benzene rings is 1. The molecule has 0 aromatic heterocycles. The first-order valence-corrected chi connectivity index (χ1v) is 17.5. The predicted molar refractivity (Wildman–Crippen MR) is 183 cm³/mol. The van der Waals surface area contributed by atoms with Gasteiger partial charge in [0.2, 0.25) is 17.7 Å². The van der Waals surface area contributed by atoms with Crippen LogP contribution in [-0.2, 0) is 19.1 Å². The molecule has 7 atom stereocenters. The van der Waals surface area contributed by atoms with E-state index in [-0.39, 0.29) is 35.7 Å². The highest BCUT2D eigenvalue weighted by Crippen LogP contribution is 2.59. The molecule has 47 heavy (non-hydrogen) atoms. The number of amides is 3. The van der Waals surface area contributed by atoms with Gasteiger partial charge in [0.15, 0.2) is 0 Å². The summed E-state index contributed by atoms with van der Waals surface area (Å²) in [6.07, 6.45) is 9.66. The average molecular weight is 650 g/mol. The van der Waals surface area contributed by atoms with Gasteiger partial charge < -0.3 is 29.3 Å². The highest BCUT2D eigenvalue weighted by molar-refractivity contribution is 6.04. The first kappa shape index (κ1) is 35.1. The van der Waals surface area contributed by atoms with Crippen molar-refractivity contribution in [2.45, 2.75) is 110 Å². The standard InChI is InChI=1S/C38H55N3O6/c1-10-25(4)28(23-42)41-31-34(45)40(36(8,9)24-35(5,6)7)22-14-20-38(31)30(33(41)44)29-32(43)39(21-13-19-37(29,11-2)47-38)26-15-17-27(18-16-26)46-12-3/h13-20,25,28-31,42H,10-12,21-24H2,1-9H3/t25-,28-,29-,30-,31?,37+,38-/m0/s1. The molecule has 3 amide bonds. The van der Waals surface area contributed by atoms with E-state index >= 15 is 9.59 Å². The molecule has 4 aliphatic rings. The first-order chi connectivity index (χ1) is 22.1. The predicted octanol–water partition coefficient (Wildman–Crippen LogP) is 5.37. The summed E-state index contributed by atoms with van der Waals surface area (Å²) >= 11 is 0. The van der Waals surface area contributed by atoms with Crippen molar-refractivity contribution in [2.24, 2.45) is 23.2 Å². The van der Waals surface area contributed by atoms with Crippen LogP contribution in [0.1, 0.15) is 81.6 Å². The van der Waals surface area contributed by atoms with Crippen LogP contribution in [-0.4, -0.2) is 87.8 Å². The van der Waals surface area contributed by atoms with E-state index in [1.54, 1.807) is 9.80 Å². The van der Waals surface area contributed by atoms with Crippen molar-refractivity contribution >= 4 is 23.4 Å². The van der Waals surface area contributed by atoms with E-state index in [0.29, 0.717) is 44.0 Å². The second-order valence-electron chi connectivity index (χ2n) is 15.7. The number of carbonyl (C=O) groups is 3. The van der Waals surface area contributed by atoms with Crippen molar-refractivity contribution in [3.8, 4) is 5.75 Å². The molecule has 2 fully saturated rings. The number of hydrogen-bond donors (Lipinski definition) is 1. The van der Waals surface area contributed by atoms with Crippen LogP contribution in [0, 0.1) is 23.2 Å². The van der Waals surface area contributed by atoms with Crippen LogP contribution in [0.2, 0.25) is 0 Å². The summed E-state index contributed by atoms with van der Waals surface area (Å²) in [5, 5.41) is 10.8. The maximum Gasteiger partial charge on any atom is 0.249 e. The minimum Gasteiger partial charge on any atom is -0.494 e. The molecule has 0 saturated carbocycles. The minimum atomic E-state index is -1.38. The largest absolute Gasteiger partial charge is 0.494 e. The van der Waals surface area contributed by atoms with E-state index < -0.39 is 40.7 Å². The summed E-state index contributed by atoms with van der Waals surface area (Å²) in [4.78, 5) is 50.2. The van der Waals surface area contributed by atoms with Gasteiger partial charge in [0.1, 0.15) is 17.4 Å². The Morgan fingerprint density at radius 2 is 1.60 bits per heavy atom. The molecule has 9 heteroatoms. The number of fused-ring (bicyclic) bond motifs is 2. The van der Waals surface area contributed by atoms with Gasteiger partial charge >= 0.3 is 0 Å². The number of ether oxygens (including phenoxy) is 2. The van der Waals surface area contributed by atoms with Crippen LogP contribution in [0.4, 0.5) is 5.69 Å². The number of carbonyl (C=O) groups excluding carboxylic acids is 3. The van der Waals surface area contributed by atoms with Gasteiger partial charge in [-0.25, -0.2) is 0 Å². The lowest BCUT2D eigenvalue weighted by Crippen LogP contribution is -2.62. The highest BCUT2D eigenvalue weighted by Gasteiger charge is 2.76. The minimum absolute atomic E-state index is 0.0551. The van der Waals surface area contributed by atoms with Crippen LogP contribution < -0.4 is 9.64 Å². The fourth-order valence-electron chi connectivity index (χ4n) is 8.93. The van der Waals surface area contributed by atoms with Crippen molar-refractivity contribution in [3.63, 3.8) is 0 Å². The Morgan fingerprint density at radius 3 is 2.17 bits per heavy atom. The van der Waals surface area contributed by atoms with Crippen LogP contribution in [0.3, 0.4) is 0 Å². The Bertz CT molecular complexity index is 1410. The topological polar surface area (TPSA) is 99.6 Å². The van der Waals surface area contributed by atoms with Crippen molar-refractivity contribution in [1.29, 1.82) is 0 Å². The molecule has 4 aliphatic heterocycles. The molecule has 2 saturated heterocycles. The monoisotopic (exact) mass is 649 g/mol. The van der Waals surface area contributed by atoms with Gasteiger partial charge in [-0.3, -0.25) is 14.4 Å². The van der Waals surface area contributed by atoms with E-state index in [4.69, 9.17) is 9.47 Å². The Morgan fingerprint density at radius 1 is 0.936 bits per heavy atom. The molecular formula is C38H55N3O6. The number of rotatable bonds is 10. The van der Waals surface area contributed by atoms with E-state index in [0.717, 1.165) is 6.42 Å². The van der Waals surface area contributed by atoms with Crippen molar-refractivity contribution in [2.75, 3.05) is 31.2 Å². The number of nitrogens with zero attached hydrogens (tertiary/aromatic N) is 3. The molecule has 1 aromatic carbocycles. The van der Waals surface area contributed by atoms with E-state index in [2.05, 4.69) is 34.6 Å². The van der Waals surface area contributed by atoms with Crippen LogP contribution >= 0.6 is 0 Å². The van der Waals surface area contributed by atoms with Gasteiger partial charge in [0, 0.05) is 24.3 Å². The van der Waals surface area contributed by atoms with Crippen molar-refractivity contribution in [3.05, 3.63) is 48.6 Å². The van der Waals surface area contributed by atoms with Gasteiger partial charge in [-0.15, -0.1) is 0 Å². The molecule has 0 bridgehead atoms. The van der Waals surface area contributed by atoms with Crippen LogP contribution in [0.5, 0.6) is 5.75 Å². The zero-order chi connectivity index (χ0) is 34.5. The summed E-state index contributed by atoms with van der Waals surface area (Å²) in [6, 6.07) is 5.78. The maximum atomic E-state index is 15.1. The van der Waals surface area contributed by atoms with Gasteiger partial charge in [0.05, 0.1) is 36.7 Å². The molecule has 0 aliphatic carbocycles. The zero-order valence-electron chi connectivity index (χ0n) is 29.8. The molecule has 258 valence electrons. The lowest BCUT2D eigenvalue weighted by atomic mass is 9.72. The molecule has 1 spiro atoms. The quantitative estimate of drug-likeness (QED) is 0.343.